The molecule has 0 unspecified atom stereocenters. The lowest BCUT2D eigenvalue weighted by molar-refractivity contribution is 0.259. The molecule has 28 heavy (non-hydrogen) atoms. The number of aliphatic imine (C=N–C) groups is 1. The normalized spacial score (nSPS) is 22.5. The first kappa shape index (κ1) is 20.4. The molecule has 0 amide bonds. The van der Waals surface area contributed by atoms with Gasteiger partial charge in [0.05, 0.1) is 18.2 Å². The molecule has 2 atom stereocenters. The van der Waals surface area contributed by atoms with Crippen molar-refractivity contribution in [3.63, 3.8) is 0 Å². The molecule has 1 aliphatic carbocycles. The molecule has 146 valence electrons. The van der Waals surface area contributed by atoms with Crippen LogP contribution in [-0.2, 0) is 11.2 Å². The maximum absolute atomic E-state index is 9.49. The van der Waals surface area contributed by atoms with Gasteiger partial charge in [-0.1, -0.05) is 31.0 Å². The maximum atomic E-state index is 9.49. The third-order valence-electron chi connectivity index (χ3n) is 5.70. The van der Waals surface area contributed by atoms with Gasteiger partial charge in [0.2, 0.25) is 0 Å². The average Bonchev–Trinajstić information content (AvgIpc) is 2.76. The fourth-order valence-corrected chi connectivity index (χ4v) is 5.58. The van der Waals surface area contributed by atoms with E-state index in [-0.39, 0.29) is 11.3 Å². The first-order valence-electron chi connectivity index (χ1n) is 9.75. The minimum absolute atomic E-state index is 0.214. The Kier molecular flexibility index (Phi) is 7.11. The number of nitriles is 1. The maximum Gasteiger partial charge on any atom is 0.118 e. The Labute approximate surface area is 172 Å². The zero-order chi connectivity index (χ0) is 19.8. The number of benzene rings is 1. The Morgan fingerprint density at radius 3 is 2.79 bits per heavy atom. The van der Waals surface area contributed by atoms with Crippen LogP contribution in [-0.4, -0.2) is 24.2 Å². The Balaban J connectivity index is 1.92. The summed E-state index contributed by atoms with van der Waals surface area (Å²) in [6, 6.07) is 14.8. The van der Waals surface area contributed by atoms with E-state index in [9.17, 15) is 5.26 Å². The van der Waals surface area contributed by atoms with Crippen molar-refractivity contribution in [2.24, 2.45) is 10.9 Å². The van der Waals surface area contributed by atoms with Crippen LogP contribution in [0.5, 0.6) is 5.75 Å². The molecule has 1 saturated carbocycles. The highest BCUT2D eigenvalue weighted by molar-refractivity contribution is 8.13. The molecule has 0 bridgehead atoms. The van der Waals surface area contributed by atoms with E-state index in [1.165, 1.54) is 17.5 Å². The molecular formula is C23H27N3OS. The minimum Gasteiger partial charge on any atom is -0.497 e. The van der Waals surface area contributed by atoms with Gasteiger partial charge in [0.1, 0.15) is 5.75 Å². The molecule has 3 rings (SSSR count). The molecular weight excluding hydrogens is 366 g/mol. The third kappa shape index (κ3) is 4.23. The lowest BCUT2D eigenvalue weighted by Crippen LogP contribution is -2.44. The highest BCUT2D eigenvalue weighted by atomic mass is 32.2. The lowest BCUT2D eigenvalue weighted by atomic mass is 9.62. The first-order valence-corrected chi connectivity index (χ1v) is 10.7. The Bertz CT molecular complexity index is 829. The van der Waals surface area contributed by atoms with Crippen molar-refractivity contribution in [1.82, 2.24) is 4.98 Å². The number of rotatable bonds is 6. The number of methoxy groups -OCH3 is 1. The van der Waals surface area contributed by atoms with E-state index in [2.05, 4.69) is 29.3 Å². The molecule has 5 heteroatoms. The van der Waals surface area contributed by atoms with Crippen LogP contribution < -0.4 is 4.74 Å². The van der Waals surface area contributed by atoms with Crippen molar-refractivity contribution < 1.29 is 4.74 Å². The van der Waals surface area contributed by atoms with Crippen LogP contribution in [0, 0.1) is 17.2 Å². The summed E-state index contributed by atoms with van der Waals surface area (Å²) in [5, 5.41) is 10.6. The van der Waals surface area contributed by atoms with Crippen LogP contribution in [0.3, 0.4) is 0 Å². The Hall–Kier alpha value is -2.32. The summed E-state index contributed by atoms with van der Waals surface area (Å²) in [5.41, 5.74) is 2.22. The SMILES string of the molecule is CN=C(SCc1ccc(OC)cc1)[C@@]1(c2cccnc2)CCCC[C@@H]1CC#N. The van der Waals surface area contributed by atoms with E-state index in [1.807, 2.05) is 37.6 Å². The van der Waals surface area contributed by atoms with Gasteiger partial charge >= 0.3 is 0 Å². The number of aromatic nitrogens is 1. The fraction of sp³-hybridized carbons (Fsp3) is 0.435. The molecule has 4 nitrogen and oxygen atoms in total. The van der Waals surface area contributed by atoms with E-state index < -0.39 is 0 Å². The van der Waals surface area contributed by atoms with Crippen LogP contribution in [0.4, 0.5) is 0 Å². The molecule has 0 N–H and O–H groups in total. The molecule has 0 spiro atoms. The van der Waals surface area contributed by atoms with Gasteiger partial charge in [-0.3, -0.25) is 9.98 Å². The topological polar surface area (TPSA) is 58.3 Å². The molecule has 1 aliphatic rings. The van der Waals surface area contributed by atoms with Crippen LogP contribution >= 0.6 is 11.8 Å². The third-order valence-corrected chi connectivity index (χ3v) is 7.00. The summed E-state index contributed by atoms with van der Waals surface area (Å²) >= 11 is 1.79. The van der Waals surface area contributed by atoms with Crippen molar-refractivity contribution in [1.29, 1.82) is 5.26 Å². The highest BCUT2D eigenvalue weighted by Crippen LogP contribution is 2.49. The van der Waals surface area contributed by atoms with E-state index in [1.54, 1.807) is 18.9 Å². The predicted octanol–water partition coefficient (Wildman–Crippen LogP) is 5.39. The summed E-state index contributed by atoms with van der Waals surface area (Å²) in [6.07, 6.45) is 8.74. The van der Waals surface area contributed by atoms with Crippen LogP contribution in [0.2, 0.25) is 0 Å². The van der Waals surface area contributed by atoms with Gasteiger partial charge in [-0.2, -0.15) is 5.26 Å². The second-order valence-corrected chi connectivity index (χ2v) is 8.15. The number of pyridine rings is 1. The molecule has 0 radical (unpaired) electrons. The van der Waals surface area contributed by atoms with Crippen LogP contribution in [0.15, 0.2) is 53.8 Å². The van der Waals surface area contributed by atoms with Crippen molar-refractivity contribution in [2.75, 3.05) is 14.2 Å². The van der Waals surface area contributed by atoms with Crippen molar-refractivity contribution in [3.05, 3.63) is 59.9 Å². The molecule has 1 aromatic heterocycles. The van der Waals surface area contributed by atoms with E-state index in [0.717, 1.165) is 35.8 Å². The Morgan fingerprint density at radius 1 is 1.32 bits per heavy atom. The van der Waals surface area contributed by atoms with Crippen LogP contribution in [0.25, 0.3) is 0 Å². The van der Waals surface area contributed by atoms with Gasteiger partial charge in [-0.05, 0) is 48.1 Å². The van der Waals surface area contributed by atoms with Crippen molar-refractivity contribution in [2.45, 2.75) is 43.3 Å². The summed E-state index contributed by atoms with van der Waals surface area (Å²) in [6.45, 7) is 0. The minimum atomic E-state index is -0.214. The summed E-state index contributed by atoms with van der Waals surface area (Å²) in [4.78, 5) is 9.15. The van der Waals surface area contributed by atoms with Gasteiger partial charge in [-0.25, -0.2) is 0 Å². The summed E-state index contributed by atoms with van der Waals surface area (Å²) in [5.74, 6) is 1.99. The molecule has 1 fully saturated rings. The molecule has 2 aromatic rings. The summed E-state index contributed by atoms with van der Waals surface area (Å²) in [7, 11) is 3.56. The monoisotopic (exact) mass is 393 g/mol. The average molecular weight is 394 g/mol. The molecule has 0 saturated heterocycles. The van der Waals surface area contributed by atoms with E-state index in [4.69, 9.17) is 9.73 Å². The van der Waals surface area contributed by atoms with Gasteiger partial charge in [0, 0.05) is 37.0 Å². The quantitative estimate of drug-likeness (QED) is 0.487. The smallest absolute Gasteiger partial charge is 0.118 e. The van der Waals surface area contributed by atoms with E-state index >= 15 is 0 Å². The number of hydrogen-bond acceptors (Lipinski definition) is 5. The van der Waals surface area contributed by atoms with Crippen molar-refractivity contribution >= 4 is 16.8 Å². The van der Waals surface area contributed by atoms with E-state index in [0.29, 0.717) is 6.42 Å². The van der Waals surface area contributed by atoms with Gasteiger partial charge in [-0.15, -0.1) is 11.8 Å². The van der Waals surface area contributed by atoms with Gasteiger partial charge < -0.3 is 4.74 Å². The lowest BCUT2D eigenvalue weighted by Gasteiger charge is -2.44. The second kappa shape index (κ2) is 9.75. The molecule has 0 aliphatic heterocycles. The zero-order valence-electron chi connectivity index (χ0n) is 16.6. The Morgan fingerprint density at radius 2 is 2.14 bits per heavy atom. The highest BCUT2D eigenvalue weighted by Gasteiger charge is 2.46. The zero-order valence-corrected chi connectivity index (χ0v) is 17.4. The summed E-state index contributed by atoms with van der Waals surface area (Å²) < 4.78 is 5.26. The number of nitrogens with zero attached hydrogens (tertiary/aromatic N) is 3. The second-order valence-electron chi connectivity index (χ2n) is 7.18. The van der Waals surface area contributed by atoms with Gasteiger partial charge in [0.25, 0.3) is 0 Å². The predicted molar refractivity (Wildman–Crippen MR) is 116 cm³/mol. The standard InChI is InChI=1S/C23H27N3OS/c1-25-22(28-17-18-8-10-21(27-2)11-9-18)23(20-7-5-15-26-16-20)13-4-3-6-19(23)12-14-24/h5,7-11,15-16,19H,3-4,6,12-13,17H2,1-2H3/t19-,23+/m1/s1. The van der Waals surface area contributed by atoms with Crippen LogP contribution in [0.1, 0.15) is 43.2 Å². The largest absolute Gasteiger partial charge is 0.497 e. The number of thioether (sulfide) groups is 1. The van der Waals surface area contributed by atoms with Crippen molar-refractivity contribution in [3.8, 4) is 11.8 Å². The fourth-order valence-electron chi connectivity index (χ4n) is 4.31. The van der Waals surface area contributed by atoms with Gasteiger partial charge in [0.15, 0.2) is 0 Å². The first-order chi connectivity index (χ1) is 13.7. The molecule has 1 heterocycles. The number of ether oxygens (including phenoxy) is 1. The molecule has 1 aromatic carbocycles. The number of hydrogen-bond donors (Lipinski definition) is 0.